The second-order valence-corrected chi connectivity index (χ2v) is 6.57. The zero-order valence-corrected chi connectivity index (χ0v) is 13.2. The van der Waals surface area contributed by atoms with Crippen molar-refractivity contribution in [3.8, 4) is 0 Å². The van der Waals surface area contributed by atoms with Crippen LogP contribution in [-0.2, 0) is 11.8 Å². The summed E-state index contributed by atoms with van der Waals surface area (Å²) in [6.07, 6.45) is 6.60. The van der Waals surface area contributed by atoms with Crippen LogP contribution in [0.25, 0.3) is 6.08 Å². The number of benzene rings is 1. The Hall–Kier alpha value is -2.66. The Morgan fingerprint density at radius 3 is 2.74 bits per heavy atom. The molecule has 0 spiro atoms. The molecule has 5 heteroatoms. The molecule has 0 fully saturated rings. The number of amides is 1. The van der Waals surface area contributed by atoms with Gasteiger partial charge in [0.25, 0.3) is 0 Å². The number of aromatic nitrogens is 2. The second kappa shape index (κ2) is 5.21. The second-order valence-electron chi connectivity index (χ2n) is 5.62. The summed E-state index contributed by atoms with van der Waals surface area (Å²) >= 11 is 1.72. The van der Waals surface area contributed by atoms with Crippen molar-refractivity contribution in [3.05, 3.63) is 81.8 Å². The molecule has 0 radical (unpaired) electrons. The first-order chi connectivity index (χ1) is 11.2. The van der Waals surface area contributed by atoms with Crippen LogP contribution in [0, 0.1) is 0 Å². The van der Waals surface area contributed by atoms with Gasteiger partial charge in [-0.2, -0.15) is 9.78 Å². The molecule has 2 N–H and O–H groups in total. The van der Waals surface area contributed by atoms with Crippen molar-refractivity contribution in [3.63, 3.8) is 0 Å². The molecule has 0 bridgehead atoms. The number of rotatable bonds is 2. The van der Waals surface area contributed by atoms with Gasteiger partial charge >= 0.3 is 6.03 Å². The lowest BCUT2D eigenvalue weighted by molar-refractivity contribution is 0.246. The maximum absolute atomic E-state index is 11.7. The molecule has 1 atom stereocenters. The van der Waals surface area contributed by atoms with E-state index in [-0.39, 0.29) is 5.41 Å². The lowest BCUT2D eigenvalue weighted by Crippen LogP contribution is -2.33. The molecule has 2 heterocycles. The summed E-state index contributed by atoms with van der Waals surface area (Å²) in [4.78, 5) is 12.9. The van der Waals surface area contributed by atoms with Crippen LogP contribution < -0.4 is 5.73 Å². The van der Waals surface area contributed by atoms with Gasteiger partial charge in [-0.05, 0) is 17.0 Å². The van der Waals surface area contributed by atoms with Crippen LogP contribution in [0.4, 0.5) is 4.79 Å². The number of nitrogens with zero attached hydrogens (tertiary/aromatic N) is 2. The number of thiophene rings is 1. The van der Waals surface area contributed by atoms with Crippen molar-refractivity contribution >= 4 is 23.4 Å². The van der Waals surface area contributed by atoms with E-state index in [0.29, 0.717) is 6.42 Å². The molecule has 0 saturated carbocycles. The Morgan fingerprint density at radius 1 is 1.22 bits per heavy atom. The highest BCUT2D eigenvalue weighted by Crippen LogP contribution is 2.43. The zero-order chi connectivity index (χ0) is 15.9. The highest BCUT2D eigenvalue weighted by molar-refractivity contribution is 7.10. The molecule has 114 valence electrons. The normalized spacial score (nSPS) is 19.5. The van der Waals surface area contributed by atoms with Gasteiger partial charge in [0.05, 0.1) is 17.3 Å². The molecule has 4 rings (SSSR count). The summed E-state index contributed by atoms with van der Waals surface area (Å²) in [7, 11) is 0. The van der Waals surface area contributed by atoms with E-state index in [1.54, 1.807) is 17.5 Å². The van der Waals surface area contributed by atoms with Gasteiger partial charge in [0, 0.05) is 16.9 Å². The highest BCUT2D eigenvalue weighted by atomic mass is 32.1. The largest absolute Gasteiger partial charge is 0.350 e. The molecule has 4 nitrogen and oxygen atoms in total. The van der Waals surface area contributed by atoms with Crippen molar-refractivity contribution in [1.29, 1.82) is 0 Å². The topological polar surface area (TPSA) is 60.9 Å². The fourth-order valence-corrected chi connectivity index (χ4v) is 4.15. The van der Waals surface area contributed by atoms with Gasteiger partial charge in [0.2, 0.25) is 0 Å². The summed E-state index contributed by atoms with van der Waals surface area (Å²) in [5, 5.41) is 6.21. The Kier molecular flexibility index (Phi) is 3.16. The number of nitrogens with two attached hydrogens (primary N) is 1. The number of hydrogen-bond acceptors (Lipinski definition) is 3. The Labute approximate surface area is 137 Å². The van der Waals surface area contributed by atoms with E-state index in [9.17, 15) is 4.79 Å². The van der Waals surface area contributed by atoms with Gasteiger partial charge in [-0.1, -0.05) is 48.6 Å². The first kappa shape index (κ1) is 14.0. The van der Waals surface area contributed by atoms with Crippen LogP contribution in [0.1, 0.15) is 21.7 Å². The zero-order valence-electron chi connectivity index (χ0n) is 12.3. The maximum Gasteiger partial charge on any atom is 0.339 e. The summed E-state index contributed by atoms with van der Waals surface area (Å²) in [6, 6.07) is 14.0. The van der Waals surface area contributed by atoms with E-state index in [2.05, 4.69) is 40.8 Å². The van der Waals surface area contributed by atoms with Gasteiger partial charge in [-0.3, -0.25) is 0 Å². The van der Waals surface area contributed by atoms with Crippen molar-refractivity contribution in [2.75, 3.05) is 0 Å². The van der Waals surface area contributed by atoms with E-state index in [1.165, 1.54) is 15.1 Å². The molecule has 3 aromatic rings. The van der Waals surface area contributed by atoms with Crippen LogP contribution in [0.2, 0.25) is 0 Å². The number of carbonyl (C=O) groups is 1. The third-order valence-corrected chi connectivity index (χ3v) is 5.40. The first-order valence-corrected chi connectivity index (χ1v) is 8.24. The molecular weight excluding hydrogens is 306 g/mol. The van der Waals surface area contributed by atoms with Crippen LogP contribution in [0.15, 0.2) is 60.1 Å². The van der Waals surface area contributed by atoms with Gasteiger partial charge in [0.1, 0.15) is 0 Å². The van der Waals surface area contributed by atoms with Crippen LogP contribution >= 0.6 is 11.3 Å². The molecule has 1 aliphatic rings. The highest BCUT2D eigenvalue weighted by Gasteiger charge is 2.37. The minimum absolute atomic E-state index is 0.296. The quantitative estimate of drug-likeness (QED) is 0.786. The maximum atomic E-state index is 11.7. The van der Waals surface area contributed by atoms with Gasteiger partial charge in [-0.15, -0.1) is 11.3 Å². The summed E-state index contributed by atoms with van der Waals surface area (Å²) in [6.45, 7) is 0. The van der Waals surface area contributed by atoms with Gasteiger partial charge < -0.3 is 5.73 Å². The molecular formula is C18H15N3OS. The van der Waals surface area contributed by atoms with Crippen LogP contribution in [-0.4, -0.2) is 15.8 Å². The molecule has 1 aromatic carbocycles. The molecule has 1 aliphatic carbocycles. The van der Waals surface area contributed by atoms with Crippen molar-refractivity contribution in [1.82, 2.24) is 9.78 Å². The van der Waals surface area contributed by atoms with Crippen LogP contribution in [0.3, 0.4) is 0 Å². The van der Waals surface area contributed by atoms with E-state index < -0.39 is 6.03 Å². The van der Waals surface area contributed by atoms with Crippen molar-refractivity contribution in [2.24, 2.45) is 5.73 Å². The smallest absolute Gasteiger partial charge is 0.339 e. The van der Waals surface area contributed by atoms with E-state index in [1.807, 2.05) is 24.3 Å². The fourth-order valence-electron chi connectivity index (χ4n) is 3.23. The first-order valence-electron chi connectivity index (χ1n) is 7.36. The number of fused-ring (bicyclic) bond motifs is 1. The van der Waals surface area contributed by atoms with E-state index >= 15 is 0 Å². The SMILES string of the molecule is NC(=O)n1ncc2c1CC(c1ccccc1)(c1cccs1)C=C2. The van der Waals surface area contributed by atoms with Crippen LogP contribution in [0.5, 0.6) is 0 Å². The Balaban J connectivity index is 1.92. The molecule has 23 heavy (non-hydrogen) atoms. The van der Waals surface area contributed by atoms with Crippen molar-refractivity contribution in [2.45, 2.75) is 11.8 Å². The summed E-state index contributed by atoms with van der Waals surface area (Å²) in [5.74, 6) is 0. The predicted octanol–water partition coefficient (Wildman–Crippen LogP) is 3.43. The third kappa shape index (κ3) is 2.12. The molecule has 2 aromatic heterocycles. The monoisotopic (exact) mass is 321 g/mol. The van der Waals surface area contributed by atoms with Gasteiger partial charge in [0.15, 0.2) is 0 Å². The number of carbonyl (C=O) groups excluding carboxylic acids is 1. The molecule has 0 aliphatic heterocycles. The molecule has 1 unspecified atom stereocenters. The molecule has 0 saturated heterocycles. The molecule has 1 amide bonds. The lowest BCUT2D eigenvalue weighted by atomic mass is 9.72. The van der Waals surface area contributed by atoms with E-state index in [4.69, 9.17) is 5.73 Å². The lowest BCUT2D eigenvalue weighted by Gasteiger charge is -2.33. The predicted molar refractivity (Wildman–Crippen MR) is 91.5 cm³/mol. The average molecular weight is 321 g/mol. The Morgan fingerprint density at radius 2 is 2.04 bits per heavy atom. The summed E-state index contributed by atoms with van der Waals surface area (Å²) in [5.41, 5.74) is 8.18. The van der Waals surface area contributed by atoms with Gasteiger partial charge in [-0.25, -0.2) is 4.79 Å². The minimum Gasteiger partial charge on any atom is -0.350 e. The average Bonchev–Trinajstić information content (AvgIpc) is 3.24. The standard InChI is InChI=1S/C18H15N3OS/c19-17(22)21-15-11-18(16-7-4-10-23-16,9-8-13(15)12-20-21)14-5-2-1-3-6-14/h1-10,12H,11H2,(H2,19,22). The third-order valence-electron chi connectivity index (χ3n) is 4.35. The fraction of sp³-hybridized carbons (Fsp3) is 0.111. The van der Waals surface area contributed by atoms with E-state index in [0.717, 1.165) is 11.3 Å². The summed E-state index contributed by atoms with van der Waals surface area (Å²) < 4.78 is 1.31. The number of hydrogen-bond donors (Lipinski definition) is 1. The van der Waals surface area contributed by atoms with Crippen molar-refractivity contribution < 1.29 is 4.79 Å². The minimum atomic E-state index is -0.547. The Bertz CT molecular complexity index is 880. The number of primary amides is 1. The number of allylic oxidation sites excluding steroid dienone is 1.